The van der Waals surface area contributed by atoms with E-state index in [0.717, 1.165) is 6.20 Å². The Bertz CT molecular complexity index is 412. The molecule has 0 saturated heterocycles. The maximum absolute atomic E-state index is 10.6. The van der Waals surface area contributed by atoms with Gasteiger partial charge in [-0.15, -0.1) is 0 Å². The number of esters is 1. The monoisotopic (exact) mass is 207 g/mol. The second-order valence-electron chi connectivity index (χ2n) is 2.77. The first-order valence-corrected chi connectivity index (χ1v) is 4.18. The van der Waals surface area contributed by atoms with E-state index in [0.29, 0.717) is 11.3 Å². The summed E-state index contributed by atoms with van der Waals surface area (Å²) in [7, 11) is 0. The van der Waals surface area contributed by atoms with Gasteiger partial charge in [0, 0.05) is 13.0 Å². The predicted molar refractivity (Wildman–Crippen MR) is 53.8 cm³/mol. The molecule has 1 aromatic rings. The molecule has 0 aliphatic rings. The molecule has 5 heteroatoms. The molecule has 0 heterocycles. The van der Waals surface area contributed by atoms with E-state index >= 15 is 0 Å². The zero-order chi connectivity index (χ0) is 11.3. The Balaban J connectivity index is 2.82. The average Bonchev–Trinajstić information content (AvgIpc) is 2.14. The van der Waals surface area contributed by atoms with Gasteiger partial charge in [0.1, 0.15) is 5.75 Å². The molecule has 78 valence electrons. The van der Waals surface area contributed by atoms with Crippen LogP contribution in [0.1, 0.15) is 12.5 Å². The van der Waals surface area contributed by atoms with Crippen LogP contribution in [0.5, 0.6) is 5.75 Å². The molecule has 0 N–H and O–H groups in total. The van der Waals surface area contributed by atoms with Gasteiger partial charge in [-0.1, -0.05) is 12.1 Å². The Kier molecular flexibility index (Phi) is 3.56. The highest BCUT2D eigenvalue weighted by Gasteiger charge is 1.98. The SMILES string of the molecule is CC(=O)Oc1cccc(/C=C/[N+](=O)[O-])c1. The van der Waals surface area contributed by atoms with Gasteiger partial charge >= 0.3 is 5.97 Å². The molecule has 0 fully saturated rings. The lowest BCUT2D eigenvalue weighted by Crippen LogP contribution is -2.01. The molecule has 0 unspecified atom stereocenters. The average molecular weight is 207 g/mol. The number of ether oxygens (including phenoxy) is 1. The molecule has 0 radical (unpaired) electrons. The van der Waals surface area contributed by atoms with E-state index in [4.69, 9.17) is 4.74 Å². The Morgan fingerprint density at radius 1 is 1.53 bits per heavy atom. The number of benzene rings is 1. The lowest BCUT2D eigenvalue weighted by Gasteiger charge is -2.00. The van der Waals surface area contributed by atoms with Crippen LogP contribution >= 0.6 is 0 Å². The van der Waals surface area contributed by atoms with Crippen molar-refractivity contribution in [3.63, 3.8) is 0 Å². The van der Waals surface area contributed by atoms with Crippen LogP contribution in [0.25, 0.3) is 6.08 Å². The second-order valence-corrected chi connectivity index (χ2v) is 2.77. The number of hydrogen-bond donors (Lipinski definition) is 0. The van der Waals surface area contributed by atoms with E-state index in [2.05, 4.69) is 0 Å². The normalized spacial score (nSPS) is 10.2. The number of nitrogens with zero attached hydrogens (tertiary/aromatic N) is 1. The van der Waals surface area contributed by atoms with E-state index in [-0.39, 0.29) is 0 Å². The summed E-state index contributed by atoms with van der Waals surface area (Å²) in [6, 6.07) is 6.47. The molecule has 1 aromatic carbocycles. The smallest absolute Gasteiger partial charge is 0.308 e. The van der Waals surface area contributed by atoms with Crippen LogP contribution < -0.4 is 4.74 Å². The number of carbonyl (C=O) groups excluding carboxylic acids is 1. The number of rotatable bonds is 3. The van der Waals surface area contributed by atoms with E-state index in [1.54, 1.807) is 24.3 Å². The van der Waals surface area contributed by atoms with Crippen LogP contribution in [-0.2, 0) is 4.79 Å². The van der Waals surface area contributed by atoms with Crippen molar-refractivity contribution in [2.45, 2.75) is 6.92 Å². The van der Waals surface area contributed by atoms with Gasteiger partial charge in [0.15, 0.2) is 0 Å². The third-order valence-electron chi connectivity index (χ3n) is 1.51. The second kappa shape index (κ2) is 4.90. The lowest BCUT2D eigenvalue weighted by molar-refractivity contribution is -0.400. The summed E-state index contributed by atoms with van der Waals surface area (Å²) in [5.41, 5.74) is 0.602. The molecule has 0 bridgehead atoms. The van der Waals surface area contributed by atoms with Crippen molar-refractivity contribution in [3.05, 3.63) is 46.1 Å². The zero-order valence-electron chi connectivity index (χ0n) is 8.04. The quantitative estimate of drug-likeness (QED) is 0.328. The minimum atomic E-state index is -0.557. The molecule has 0 aromatic heterocycles. The predicted octanol–water partition coefficient (Wildman–Crippen LogP) is 1.86. The minimum absolute atomic E-state index is 0.369. The van der Waals surface area contributed by atoms with Crippen molar-refractivity contribution < 1.29 is 14.5 Å². The lowest BCUT2D eigenvalue weighted by atomic mass is 10.2. The highest BCUT2D eigenvalue weighted by Crippen LogP contribution is 2.14. The Labute approximate surface area is 86.1 Å². The minimum Gasteiger partial charge on any atom is -0.427 e. The van der Waals surface area contributed by atoms with Crippen LogP contribution in [0.2, 0.25) is 0 Å². The molecule has 0 aliphatic carbocycles. The van der Waals surface area contributed by atoms with E-state index in [1.807, 2.05) is 0 Å². The molecular formula is C10H9NO4. The van der Waals surface area contributed by atoms with Gasteiger partial charge < -0.3 is 4.74 Å². The van der Waals surface area contributed by atoms with Gasteiger partial charge in [-0.25, -0.2) is 0 Å². The van der Waals surface area contributed by atoms with Crippen molar-refractivity contribution in [1.29, 1.82) is 0 Å². The Morgan fingerprint density at radius 3 is 2.87 bits per heavy atom. The maximum atomic E-state index is 10.6. The standard InChI is InChI=1S/C10H9NO4/c1-8(12)15-10-4-2-3-9(7-10)5-6-11(13)14/h2-7H,1H3/b6-5+. The molecular weight excluding hydrogens is 198 g/mol. The van der Waals surface area contributed by atoms with Crippen molar-refractivity contribution in [2.24, 2.45) is 0 Å². The van der Waals surface area contributed by atoms with Crippen LogP contribution in [0, 0.1) is 10.1 Å². The Hall–Kier alpha value is -2.17. The highest BCUT2D eigenvalue weighted by atomic mass is 16.6. The largest absolute Gasteiger partial charge is 0.427 e. The molecule has 15 heavy (non-hydrogen) atoms. The van der Waals surface area contributed by atoms with Crippen LogP contribution in [0.15, 0.2) is 30.5 Å². The third-order valence-corrected chi connectivity index (χ3v) is 1.51. The van der Waals surface area contributed by atoms with Gasteiger partial charge in [-0.2, -0.15) is 0 Å². The summed E-state index contributed by atoms with van der Waals surface area (Å²) in [4.78, 5) is 20.2. The fourth-order valence-corrected chi connectivity index (χ4v) is 0.995. The summed E-state index contributed by atoms with van der Waals surface area (Å²) >= 11 is 0. The summed E-state index contributed by atoms with van der Waals surface area (Å²) in [6.07, 6.45) is 2.15. The van der Waals surface area contributed by atoms with Crippen molar-refractivity contribution in [3.8, 4) is 5.75 Å². The highest BCUT2D eigenvalue weighted by molar-refractivity contribution is 5.69. The fourth-order valence-electron chi connectivity index (χ4n) is 0.995. The van der Waals surface area contributed by atoms with Crippen molar-refractivity contribution in [2.75, 3.05) is 0 Å². The Morgan fingerprint density at radius 2 is 2.27 bits per heavy atom. The first-order chi connectivity index (χ1) is 7.08. The van der Waals surface area contributed by atoms with Crippen molar-refractivity contribution in [1.82, 2.24) is 0 Å². The first-order valence-electron chi connectivity index (χ1n) is 4.18. The zero-order valence-corrected chi connectivity index (χ0v) is 8.04. The molecule has 0 saturated carbocycles. The molecule has 0 atom stereocenters. The number of nitro groups is 1. The molecule has 5 nitrogen and oxygen atoms in total. The summed E-state index contributed by atoms with van der Waals surface area (Å²) in [5.74, 6) is -0.0570. The van der Waals surface area contributed by atoms with Gasteiger partial charge in [-0.3, -0.25) is 14.9 Å². The van der Waals surface area contributed by atoms with E-state index in [9.17, 15) is 14.9 Å². The molecule has 0 amide bonds. The van der Waals surface area contributed by atoms with Gasteiger partial charge in [0.25, 0.3) is 0 Å². The van der Waals surface area contributed by atoms with Crippen molar-refractivity contribution >= 4 is 12.0 Å². The van der Waals surface area contributed by atoms with Gasteiger partial charge in [0.2, 0.25) is 6.20 Å². The molecule has 0 spiro atoms. The summed E-state index contributed by atoms with van der Waals surface area (Å²) in [6.45, 7) is 1.29. The fraction of sp³-hybridized carbons (Fsp3) is 0.100. The summed E-state index contributed by atoms with van der Waals surface area (Å²) in [5, 5.41) is 10.1. The molecule has 0 aliphatic heterocycles. The number of hydrogen-bond acceptors (Lipinski definition) is 4. The van der Waals surface area contributed by atoms with Gasteiger partial charge in [0.05, 0.1) is 4.92 Å². The third kappa shape index (κ3) is 4.04. The topological polar surface area (TPSA) is 69.4 Å². The van der Waals surface area contributed by atoms with E-state index in [1.165, 1.54) is 13.0 Å². The van der Waals surface area contributed by atoms with Crippen LogP contribution in [0.3, 0.4) is 0 Å². The van der Waals surface area contributed by atoms with Gasteiger partial charge in [-0.05, 0) is 17.7 Å². The first kappa shape index (κ1) is 10.9. The van der Waals surface area contributed by atoms with E-state index < -0.39 is 10.9 Å². The maximum Gasteiger partial charge on any atom is 0.308 e. The molecule has 1 rings (SSSR count). The van der Waals surface area contributed by atoms with Crippen LogP contribution in [0.4, 0.5) is 0 Å². The summed E-state index contributed by atoms with van der Waals surface area (Å²) < 4.78 is 4.82. The number of carbonyl (C=O) groups is 1. The van der Waals surface area contributed by atoms with Crippen LogP contribution in [-0.4, -0.2) is 10.9 Å².